The highest BCUT2D eigenvalue weighted by Gasteiger charge is 2.13. The van der Waals surface area contributed by atoms with E-state index in [9.17, 15) is 8.42 Å². The lowest BCUT2D eigenvalue weighted by atomic mass is 10.3. The van der Waals surface area contributed by atoms with E-state index in [0.717, 1.165) is 6.54 Å². The molecule has 0 radical (unpaired) electrons. The van der Waals surface area contributed by atoms with Crippen LogP contribution < -0.4 is 10.5 Å². The number of nitrogens with one attached hydrogen (secondary N) is 1. The molecule has 3 N–H and O–H groups in total. The van der Waals surface area contributed by atoms with Crippen molar-refractivity contribution in [2.24, 2.45) is 5.14 Å². The standard InChI is InChI=1S/C11H16N4O3S/c1-9(8-15-6-2-5-14-15)13-7-10-3-4-11(18-10)19(12,16)17/h2-6,9,13H,7-8H2,1H3,(H2,12,16,17). The molecule has 2 aromatic heterocycles. The predicted octanol–water partition coefficient (Wildman–Crippen LogP) is 0.302. The van der Waals surface area contributed by atoms with Crippen molar-refractivity contribution in [3.05, 3.63) is 36.4 Å². The molecule has 0 aromatic carbocycles. The summed E-state index contributed by atoms with van der Waals surface area (Å²) in [6.07, 6.45) is 3.60. The average Bonchev–Trinajstić information content (AvgIpc) is 2.95. The lowest BCUT2D eigenvalue weighted by Gasteiger charge is -2.12. The molecular formula is C11H16N4O3S. The zero-order valence-electron chi connectivity index (χ0n) is 10.5. The van der Waals surface area contributed by atoms with Crippen LogP contribution in [0.25, 0.3) is 0 Å². The van der Waals surface area contributed by atoms with Gasteiger partial charge < -0.3 is 9.73 Å². The number of sulfonamides is 1. The summed E-state index contributed by atoms with van der Waals surface area (Å²) in [6, 6.07) is 4.97. The van der Waals surface area contributed by atoms with E-state index in [2.05, 4.69) is 10.4 Å². The molecule has 1 unspecified atom stereocenters. The van der Waals surface area contributed by atoms with Gasteiger partial charge in [-0.2, -0.15) is 5.10 Å². The van der Waals surface area contributed by atoms with E-state index in [0.29, 0.717) is 12.3 Å². The van der Waals surface area contributed by atoms with Crippen molar-refractivity contribution in [1.82, 2.24) is 15.1 Å². The third-order valence-electron chi connectivity index (χ3n) is 2.56. The second-order valence-corrected chi connectivity index (χ2v) is 5.77. The maximum atomic E-state index is 11.0. The molecule has 0 spiro atoms. The van der Waals surface area contributed by atoms with Crippen molar-refractivity contribution in [2.75, 3.05) is 0 Å². The number of hydrogen-bond acceptors (Lipinski definition) is 5. The molecule has 0 aliphatic carbocycles. The number of nitrogens with zero attached hydrogens (tertiary/aromatic N) is 2. The Balaban J connectivity index is 1.87. The molecule has 0 saturated heterocycles. The number of aromatic nitrogens is 2. The van der Waals surface area contributed by atoms with Gasteiger partial charge in [-0.15, -0.1) is 0 Å². The van der Waals surface area contributed by atoms with Gasteiger partial charge in [0, 0.05) is 18.4 Å². The third kappa shape index (κ3) is 3.91. The second-order valence-electron chi connectivity index (χ2n) is 4.28. The first-order chi connectivity index (χ1) is 8.95. The van der Waals surface area contributed by atoms with E-state index in [1.165, 1.54) is 6.07 Å². The third-order valence-corrected chi connectivity index (χ3v) is 3.34. The van der Waals surface area contributed by atoms with Crippen molar-refractivity contribution < 1.29 is 12.8 Å². The molecule has 19 heavy (non-hydrogen) atoms. The van der Waals surface area contributed by atoms with E-state index in [4.69, 9.17) is 9.56 Å². The second kappa shape index (κ2) is 5.55. The molecule has 0 saturated carbocycles. The number of furan rings is 1. The molecule has 104 valence electrons. The van der Waals surface area contributed by atoms with Gasteiger partial charge in [-0.1, -0.05) is 0 Å². The summed E-state index contributed by atoms with van der Waals surface area (Å²) in [7, 11) is -3.77. The zero-order valence-corrected chi connectivity index (χ0v) is 11.3. The number of rotatable bonds is 6. The fourth-order valence-electron chi connectivity index (χ4n) is 1.63. The van der Waals surface area contributed by atoms with Gasteiger partial charge in [0.15, 0.2) is 0 Å². The molecule has 0 amide bonds. The zero-order chi connectivity index (χ0) is 13.9. The van der Waals surface area contributed by atoms with Crippen LogP contribution in [-0.2, 0) is 23.1 Å². The van der Waals surface area contributed by atoms with Gasteiger partial charge in [-0.25, -0.2) is 13.6 Å². The van der Waals surface area contributed by atoms with Crippen LogP contribution in [0.4, 0.5) is 0 Å². The first-order valence-corrected chi connectivity index (χ1v) is 7.32. The van der Waals surface area contributed by atoms with E-state index in [1.54, 1.807) is 12.3 Å². The Hall–Kier alpha value is -1.64. The highest BCUT2D eigenvalue weighted by Crippen LogP contribution is 2.12. The minimum absolute atomic E-state index is 0.169. The summed E-state index contributed by atoms with van der Waals surface area (Å²) in [6.45, 7) is 3.15. The number of primary sulfonamides is 1. The highest BCUT2D eigenvalue weighted by atomic mass is 32.2. The average molecular weight is 284 g/mol. The molecule has 1 atom stereocenters. The smallest absolute Gasteiger partial charge is 0.271 e. The van der Waals surface area contributed by atoms with Gasteiger partial charge in [0.05, 0.1) is 13.1 Å². The normalized spacial score (nSPS) is 13.6. The maximum absolute atomic E-state index is 11.0. The van der Waals surface area contributed by atoms with E-state index >= 15 is 0 Å². The highest BCUT2D eigenvalue weighted by molar-refractivity contribution is 7.89. The van der Waals surface area contributed by atoms with Crippen molar-refractivity contribution >= 4 is 10.0 Å². The molecule has 2 rings (SSSR count). The summed E-state index contributed by atoms with van der Waals surface area (Å²) in [5.74, 6) is 0.524. The summed E-state index contributed by atoms with van der Waals surface area (Å²) in [5.41, 5.74) is 0. The Morgan fingerprint density at radius 2 is 2.32 bits per heavy atom. The predicted molar refractivity (Wildman–Crippen MR) is 68.6 cm³/mol. The first-order valence-electron chi connectivity index (χ1n) is 5.77. The van der Waals surface area contributed by atoms with Crippen LogP contribution in [0, 0.1) is 0 Å². The summed E-state index contributed by atoms with van der Waals surface area (Å²) >= 11 is 0. The summed E-state index contributed by atoms with van der Waals surface area (Å²) < 4.78 is 29.0. The van der Waals surface area contributed by atoms with Gasteiger partial charge in [0.1, 0.15) is 5.76 Å². The van der Waals surface area contributed by atoms with Gasteiger partial charge in [-0.05, 0) is 25.1 Å². The fourth-order valence-corrected chi connectivity index (χ4v) is 2.12. The topological polar surface area (TPSA) is 103 Å². The summed E-state index contributed by atoms with van der Waals surface area (Å²) in [5, 5.41) is 12.1. The Bertz CT molecular complexity index is 618. The SMILES string of the molecule is CC(Cn1cccn1)NCc1ccc(S(N)(=O)=O)o1. The Kier molecular flexibility index (Phi) is 4.03. The van der Waals surface area contributed by atoms with Crippen LogP contribution in [-0.4, -0.2) is 24.2 Å². The minimum atomic E-state index is -3.77. The van der Waals surface area contributed by atoms with Crippen LogP contribution in [0.1, 0.15) is 12.7 Å². The molecule has 0 bridgehead atoms. The van der Waals surface area contributed by atoms with Crippen LogP contribution in [0.2, 0.25) is 0 Å². The molecule has 8 heteroatoms. The minimum Gasteiger partial charge on any atom is -0.447 e. The Labute approximate surface area is 111 Å². The quantitative estimate of drug-likeness (QED) is 0.794. The molecule has 0 fully saturated rings. The van der Waals surface area contributed by atoms with Crippen molar-refractivity contribution in [3.8, 4) is 0 Å². The van der Waals surface area contributed by atoms with E-state index < -0.39 is 10.0 Å². The molecule has 7 nitrogen and oxygen atoms in total. The number of hydrogen-bond donors (Lipinski definition) is 2. The van der Waals surface area contributed by atoms with Crippen LogP contribution in [0.5, 0.6) is 0 Å². The fraction of sp³-hybridized carbons (Fsp3) is 0.364. The molecular weight excluding hydrogens is 268 g/mol. The monoisotopic (exact) mass is 284 g/mol. The van der Waals surface area contributed by atoms with Crippen molar-refractivity contribution in [2.45, 2.75) is 31.1 Å². The van der Waals surface area contributed by atoms with Gasteiger partial charge in [0.25, 0.3) is 10.0 Å². The molecule has 2 heterocycles. The maximum Gasteiger partial charge on any atom is 0.271 e. The van der Waals surface area contributed by atoms with Crippen LogP contribution >= 0.6 is 0 Å². The van der Waals surface area contributed by atoms with Gasteiger partial charge in [0.2, 0.25) is 5.09 Å². The molecule has 0 aliphatic heterocycles. The van der Waals surface area contributed by atoms with Crippen molar-refractivity contribution in [1.29, 1.82) is 0 Å². The van der Waals surface area contributed by atoms with E-state index in [1.807, 2.05) is 23.9 Å². The van der Waals surface area contributed by atoms with Gasteiger partial charge in [-0.3, -0.25) is 4.68 Å². The molecule has 2 aromatic rings. The Morgan fingerprint density at radius 1 is 1.53 bits per heavy atom. The number of nitrogens with two attached hydrogens (primary N) is 1. The largest absolute Gasteiger partial charge is 0.447 e. The lowest BCUT2D eigenvalue weighted by Crippen LogP contribution is -2.30. The van der Waals surface area contributed by atoms with Crippen LogP contribution in [0.15, 0.2) is 40.1 Å². The van der Waals surface area contributed by atoms with Crippen LogP contribution in [0.3, 0.4) is 0 Å². The summed E-state index contributed by atoms with van der Waals surface area (Å²) in [4.78, 5) is 0. The molecule has 0 aliphatic rings. The lowest BCUT2D eigenvalue weighted by molar-refractivity contribution is 0.378. The first kappa shape index (κ1) is 13.8. The van der Waals surface area contributed by atoms with Gasteiger partial charge >= 0.3 is 0 Å². The Morgan fingerprint density at radius 3 is 2.89 bits per heavy atom. The van der Waals surface area contributed by atoms with E-state index in [-0.39, 0.29) is 11.1 Å². The van der Waals surface area contributed by atoms with Crippen molar-refractivity contribution in [3.63, 3.8) is 0 Å².